The van der Waals surface area contributed by atoms with E-state index in [1.54, 1.807) is 0 Å². The number of carbonyl (C=O) groups excluding carboxylic acids is 1. The van der Waals surface area contributed by atoms with Crippen molar-refractivity contribution >= 4 is 11.9 Å². The van der Waals surface area contributed by atoms with E-state index in [0.29, 0.717) is 13.0 Å². The maximum absolute atomic E-state index is 11.5. The molecule has 182 valence electrons. The highest BCUT2D eigenvalue weighted by Crippen LogP contribution is 2.19. The normalized spacial score (nSPS) is 12.9. The lowest BCUT2D eigenvalue weighted by Gasteiger charge is -2.20. The minimum atomic E-state index is -0.853. The van der Waals surface area contributed by atoms with E-state index in [-0.39, 0.29) is 24.6 Å². The van der Waals surface area contributed by atoms with Crippen LogP contribution in [-0.4, -0.2) is 29.3 Å². The Kier molecular flexibility index (Phi) is 16.4. The van der Waals surface area contributed by atoms with Crippen molar-refractivity contribution in [3.63, 3.8) is 0 Å². The first-order chi connectivity index (χ1) is 15.5. The molecular weight excluding hydrogens is 404 g/mol. The third-order valence-electron chi connectivity index (χ3n) is 5.75. The fourth-order valence-corrected chi connectivity index (χ4v) is 3.98. The Morgan fingerprint density at radius 1 is 0.812 bits per heavy atom. The molecule has 0 aromatic heterocycles. The molecule has 1 N–H and O–H groups in total. The largest absolute Gasteiger partial charge is 0.481 e. The first kappa shape index (κ1) is 28.2. The Morgan fingerprint density at radius 2 is 1.38 bits per heavy atom. The second kappa shape index (κ2) is 18.7. The van der Waals surface area contributed by atoms with Crippen molar-refractivity contribution in [3.8, 4) is 0 Å². The number of aliphatic carboxylic acids is 1. The Bertz CT molecular complexity index is 601. The molecule has 5 heteroatoms. The molecule has 0 bridgehead atoms. The summed E-state index contributed by atoms with van der Waals surface area (Å²) < 4.78 is 11.4. The Balaban J connectivity index is 2.30. The van der Waals surface area contributed by atoms with Gasteiger partial charge in [-0.1, -0.05) is 88.6 Å². The molecule has 2 atom stereocenters. The molecule has 2 unspecified atom stereocenters. The highest BCUT2D eigenvalue weighted by atomic mass is 16.5. The Morgan fingerprint density at radius 3 is 1.97 bits per heavy atom. The van der Waals surface area contributed by atoms with Crippen LogP contribution in [0.15, 0.2) is 30.3 Å². The summed E-state index contributed by atoms with van der Waals surface area (Å²) in [5.74, 6) is -1.09. The van der Waals surface area contributed by atoms with Crippen LogP contribution in [0.3, 0.4) is 0 Å². The number of carboxylic acids is 1. The molecule has 1 aromatic carbocycles. The number of carboxylic acid groups (broad SMARTS) is 1. The zero-order chi connectivity index (χ0) is 23.4. The molecular formula is C27H44O5. The van der Waals surface area contributed by atoms with Crippen LogP contribution in [0, 0.1) is 0 Å². The number of ether oxygens (including phenoxy) is 2. The van der Waals surface area contributed by atoms with E-state index in [1.165, 1.54) is 58.3 Å². The molecule has 0 heterocycles. The quantitative estimate of drug-likeness (QED) is 0.171. The van der Waals surface area contributed by atoms with Gasteiger partial charge in [-0.15, -0.1) is 0 Å². The number of hydrogen-bond acceptors (Lipinski definition) is 4. The maximum atomic E-state index is 11.5. The molecule has 0 fully saturated rings. The van der Waals surface area contributed by atoms with Gasteiger partial charge in [0.05, 0.1) is 19.1 Å². The van der Waals surface area contributed by atoms with Crippen LogP contribution >= 0.6 is 0 Å². The summed E-state index contributed by atoms with van der Waals surface area (Å²) in [6, 6.07) is 9.78. The molecule has 32 heavy (non-hydrogen) atoms. The van der Waals surface area contributed by atoms with E-state index in [1.807, 2.05) is 30.3 Å². The van der Waals surface area contributed by atoms with E-state index in [4.69, 9.17) is 9.47 Å². The second-order valence-corrected chi connectivity index (χ2v) is 8.80. The molecule has 1 rings (SSSR count). The molecule has 0 saturated heterocycles. The molecule has 0 amide bonds. The van der Waals surface area contributed by atoms with Gasteiger partial charge in [0.15, 0.2) is 0 Å². The molecule has 5 nitrogen and oxygen atoms in total. The average molecular weight is 449 g/mol. The van der Waals surface area contributed by atoms with Gasteiger partial charge in [-0.3, -0.25) is 9.59 Å². The Hall–Kier alpha value is -1.88. The van der Waals surface area contributed by atoms with E-state index < -0.39 is 5.97 Å². The van der Waals surface area contributed by atoms with Crippen molar-refractivity contribution in [1.82, 2.24) is 0 Å². The number of unbranched alkanes of at least 4 members (excludes halogenated alkanes) is 8. The van der Waals surface area contributed by atoms with E-state index in [0.717, 1.165) is 31.2 Å². The van der Waals surface area contributed by atoms with Crippen LogP contribution in [0.25, 0.3) is 0 Å². The van der Waals surface area contributed by atoms with Crippen molar-refractivity contribution in [2.24, 2.45) is 0 Å². The summed E-state index contributed by atoms with van der Waals surface area (Å²) in [6.07, 6.45) is 14.0. The zero-order valence-electron chi connectivity index (χ0n) is 20.2. The van der Waals surface area contributed by atoms with Crippen molar-refractivity contribution in [2.45, 2.75) is 123 Å². The SMILES string of the molecule is CCCCCCCCCCCC(CCCC(CC(=O)O)OCc1ccccc1)OC(C)=O. The fourth-order valence-electron chi connectivity index (χ4n) is 3.98. The first-order valence-corrected chi connectivity index (χ1v) is 12.6. The van der Waals surface area contributed by atoms with E-state index in [9.17, 15) is 14.7 Å². The predicted octanol–water partition coefficient (Wildman–Crippen LogP) is 7.07. The molecule has 0 aliphatic rings. The average Bonchev–Trinajstić information content (AvgIpc) is 2.76. The van der Waals surface area contributed by atoms with Crippen molar-refractivity contribution < 1.29 is 24.2 Å². The van der Waals surface area contributed by atoms with Gasteiger partial charge in [0.1, 0.15) is 6.10 Å². The topological polar surface area (TPSA) is 72.8 Å². The number of esters is 1. The minimum Gasteiger partial charge on any atom is -0.481 e. The Labute approximate surface area is 194 Å². The third-order valence-corrected chi connectivity index (χ3v) is 5.75. The van der Waals surface area contributed by atoms with Gasteiger partial charge in [0, 0.05) is 6.92 Å². The van der Waals surface area contributed by atoms with Gasteiger partial charge < -0.3 is 14.6 Å². The number of rotatable bonds is 20. The maximum Gasteiger partial charge on any atom is 0.305 e. The number of carbonyl (C=O) groups is 2. The number of benzene rings is 1. The predicted molar refractivity (Wildman–Crippen MR) is 129 cm³/mol. The van der Waals surface area contributed by atoms with E-state index >= 15 is 0 Å². The zero-order valence-corrected chi connectivity index (χ0v) is 20.2. The summed E-state index contributed by atoms with van der Waals surface area (Å²) in [6.45, 7) is 4.10. The standard InChI is InChI=1S/C27H44O5/c1-3-4-5-6-7-8-9-10-14-18-25(32-23(2)28)19-15-20-26(21-27(29)30)31-22-24-16-12-11-13-17-24/h11-13,16-17,25-26H,3-10,14-15,18-22H2,1-2H3,(H,29,30). The third kappa shape index (κ3) is 15.9. The highest BCUT2D eigenvalue weighted by molar-refractivity contribution is 5.67. The van der Waals surface area contributed by atoms with Crippen molar-refractivity contribution in [1.29, 1.82) is 0 Å². The van der Waals surface area contributed by atoms with Gasteiger partial charge in [0.25, 0.3) is 0 Å². The molecule has 0 radical (unpaired) electrons. The summed E-state index contributed by atoms with van der Waals surface area (Å²) in [5.41, 5.74) is 1.03. The first-order valence-electron chi connectivity index (χ1n) is 12.6. The summed E-state index contributed by atoms with van der Waals surface area (Å²) in [4.78, 5) is 22.7. The highest BCUT2D eigenvalue weighted by Gasteiger charge is 2.17. The molecule has 0 spiro atoms. The van der Waals surface area contributed by atoms with Crippen LogP contribution < -0.4 is 0 Å². The van der Waals surface area contributed by atoms with Crippen molar-refractivity contribution in [2.75, 3.05) is 0 Å². The minimum absolute atomic E-state index is 0.0106. The fraction of sp³-hybridized carbons (Fsp3) is 0.704. The van der Waals surface area contributed by atoms with Gasteiger partial charge in [0.2, 0.25) is 0 Å². The molecule has 1 aromatic rings. The lowest BCUT2D eigenvalue weighted by molar-refractivity contribution is -0.147. The van der Waals surface area contributed by atoms with Gasteiger partial charge >= 0.3 is 11.9 Å². The summed E-state index contributed by atoms with van der Waals surface area (Å²) >= 11 is 0. The monoisotopic (exact) mass is 448 g/mol. The second-order valence-electron chi connectivity index (χ2n) is 8.80. The van der Waals surface area contributed by atoms with Gasteiger partial charge in [-0.05, 0) is 37.7 Å². The van der Waals surface area contributed by atoms with Gasteiger partial charge in [-0.25, -0.2) is 0 Å². The van der Waals surface area contributed by atoms with Crippen LogP contribution in [0.4, 0.5) is 0 Å². The van der Waals surface area contributed by atoms with E-state index in [2.05, 4.69) is 6.92 Å². The van der Waals surface area contributed by atoms with Crippen LogP contribution in [0.2, 0.25) is 0 Å². The summed E-state index contributed by atoms with van der Waals surface area (Å²) in [7, 11) is 0. The molecule has 0 saturated carbocycles. The van der Waals surface area contributed by atoms with Gasteiger partial charge in [-0.2, -0.15) is 0 Å². The van der Waals surface area contributed by atoms with Crippen LogP contribution in [0.5, 0.6) is 0 Å². The van der Waals surface area contributed by atoms with Crippen molar-refractivity contribution in [3.05, 3.63) is 35.9 Å². The van der Waals surface area contributed by atoms with Crippen LogP contribution in [-0.2, 0) is 25.7 Å². The molecule has 0 aliphatic heterocycles. The lowest BCUT2D eigenvalue weighted by Crippen LogP contribution is -2.20. The number of hydrogen-bond donors (Lipinski definition) is 1. The summed E-state index contributed by atoms with van der Waals surface area (Å²) in [5, 5.41) is 9.21. The van der Waals surface area contributed by atoms with Crippen LogP contribution in [0.1, 0.15) is 109 Å². The lowest BCUT2D eigenvalue weighted by atomic mass is 10.0. The molecule has 0 aliphatic carbocycles. The smallest absolute Gasteiger partial charge is 0.305 e.